The molecule has 0 saturated heterocycles. The van der Waals surface area contributed by atoms with Crippen LogP contribution in [0.15, 0.2) is 79.4 Å². The van der Waals surface area contributed by atoms with Crippen molar-refractivity contribution in [2.24, 2.45) is 5.92 Å². The number of aliphatic hydroxyl groups excluding tert-OH is 1. The molecule has 0 unspecified atom stereocenters. The van der Waals surface area contributed by atoms with Gasteiger partial charge in [0, 0.05) is 0 Å². The first-order valence-electron chi connectivity index (χ1n) is 10.8. The van der Waals surface area contributed by atoms with Crippen LogP contribution in [0.2, 0.25) is 0 Å². The van der Waals surface area contributed by atoms with Crippen molar-refractivity contribution in [3.8, 4) is 5.75 Å². The quantitative estimate of drug-likeness (QED) is 0.383. The van der Waals surface area contributed by atoms with Gasteiger partial charge in [-0.2, -0.15) is 0 Å². The summed E-state index contributed by atoms with van der Waals surface area (Å²) in [6.45, 7) is 6.54. The molecule has 0 amide bonds. The number of hydrogen-bond donors (Lipinski definition) is 1. The second kappa shape index (κ2) is 13.8. The molecular formula is C27H36O3. The lowest BCUT2D eigenvalue weighted by atomic mass is 9.94. The molecule has 0 aliphatic heterocycles. The van der Waals surface area contributed by atoms with Crippen molar-refractivity contribution in [3.05, 3.63) is 90.5 Å². The first-order valence-corrected chi connectivity index (χ1v) is 10.8. The number of methoxy groups -OCH3 is 1. The van der Waals surface area contributed by atoms with Crippen LogP contribution in [0.4, 0.5) is 0 Å². The van der Waals surface area contributed by atoms with E-state index in [1.54, 1.807) is 13.2 Å². The average Bonchev–Trinajstić information content (AvgIpc) is 2.77. The Hall–Kier alpha value is -2.36. The molecule has 2 aromatic rings. The Morgan fingerprint density at radius 2 is 1.73 bits per heavy atom. The van der Waals surface area contributed by atoms with Crippen LogP contribution in [0, 0.1) is 5.92 Å². The van der Waals surface area contributed by atoms with Crippen molar-refractivity contribution >= 4 is 0 Å². The highest BCUT2D eigenvalue weighted by Gasteiger charge is 2.14. The summed E-state index contributed by atoms with van der Waals surface area (Å²) in [5.41, 5.74) is 2.51. The number of benzene rings is 2. The fraction of sp³-hybridized carbons (Fsp3) is 0.407. The molecule has 3 nitrogen and oxygen atoms in total. The molecule has 162 valence electrons. The molecule has 0 fully saturated rings. The molecule has 0 aromatic heterocycles. The van der Waals surface area contributed by atoms with Gasteiger partial charge in [0.1, 0.15) is 5.75 Å². The van der Waals surface area contributed by atoms with Gasteiger partial charge in [0.15, 0.2) is 0 Å². The molecule has 2 rings (SSSR count). The van der Waals surface area contributed by atoms with E-state index >= 15 is 0 Å². The van der Waals surface area contributed by atoms with E-state index in [-0.39, 0.29) is 6.10 Å². The molecule has 0 bridgehead atoms. The molecule has 2 aromatic carbocycles. The monoisotopic (exact) mass is 408 g/mol. The third-order valence-corrected chi connectivity index (χ3v) is 5.24. The van der Waals surface area contributed by atoms with Crippen LogP contribution in [0.5, 0.6) is 5.75 Å². The maximum Gasteiger partial charge on any atom is 0.118 e. The van der Waals surface area contributed by atoms with Crippen molar-refractivity contribution in [1.29, 1.82) is 0 Å². The SMILES string of the molecule is C=CC[C@@H](O)/C=C/C[C@@H](C[C@@H](C)CCc1ccccc1)OCc1ccc(OC)cc1. The zero-order chi connectivity index (χ0) is 21.6. The molecule has 0 aliphatic carbocycles. The maximum absolute atomic E-state index is 9.90. The predicted molar refractivity (Wildman–Crippen MR) is 125 cm³/mol. The summed E-state index contributed by atoms with van der Waals surface area (Å²) in [4.78, 5) is 0. The van der Waals surface area contributed by atoms with Gasteiger partial charge in [0.05, 0.1) is 25.9 Å². The Kier molecular flexibility index (Phi) is 11.0. The minimum absolute atomic E-state index is 0.116. The lowest BCUT2D eigenvalue weighted by Gasteiger charge is -2.21. The van der Waals surface area contributed by atoms with E-state index in [4.69, 9.17) is 9.47 Å². The van der Waals surface area contributed by atoms with Gasteiger partial charge in [-0.3, -0.25) is 0 Å². The largest absolute Gasteiger partial charge is 0.497 e. The van der Waals surface area contributed by atoms with Crippen LogP contribution in [0.3, 0.4) is 0 Å². The summed E-state index contributed by atoms with van der Waals surface area (Å²) in [5.74, 6) is 1.40. The van der Waals surface area contributed by atoms with E-state index in [2.05, 4.69) is 43.8 Å². The third kappa shape index (κ3) is 9.43. The third-order valence-electron chi connectivity index (χ3n) is 5.24. The lowest BCUT2D eigenvalue weighted by molar-refractivity contribution is 0.0268. The van der Waals surface area contributed by atoms with Gasteiger partial charge >= 0.3 is 0 Å². The molecule has 0 radical (unpaired) electrons. The van der Waals surface area contributed by atoms with Crippen LogP contribution in [-0.4, -0.2) is 24.4 Å². The number of ether oxygens (including phenoxy) is 2. The van der Waals surface area contributed by atoms with Crippen LogP contribution in [0.25, 0.3) is 0 Å². The number of aryl methyl sites for hydroxylation is 1. The van der Waals surface area contributed by atoms with Crippen molar-refractivity contribution < 1.29 is 14.6 Å². The topological polar surface area (TPSA) is 38.7 Å². The standard InChI is InChI=1S/C27H36O3/c1-4-9-25(28)12-8-13-27(30-21-24-16-18-26(29-3)19-17-24)20-22(2)14-15-23-10-6-5-7-11-23/h4-8,10-12,16-19,22,25,27-28H,1,9,13-15,20-21H2,2-3H3/b12-8+/t22-,25+,27-/m0/s1. The van der Waals surface area contributed by atoms with E-state index in [0.29, 0.717) is 18.9 Å². The molecule has 0 aliphatic rings. The van der Waals surface area contributed by atoms with Crippen molar-refractivity contribution in [3.63, 3.8) is 0 Å². The molecule has 3 atom stereocenters. The molecular weight excluding hydrogens is 372 g/mol. The summed E-state index contributed by atoms with van der Waals surface area (Å²) < 4.78 is 11.5. The highest BCUT2D eigenvalue weighted by molar-refractivity contribution is 5.26. The van der Waals surface area contributed by atoms with Gasteiger partial charge in [-0.15, -0.1) is 6.58 Å². The zero-order valence-electron chi connectivity index (χ0n) is 18.4. The summed E-state index contributed by atoms with van der Waals surface area (Å²) >= 11 is 0. The lowest BCUT2D eigenvalue weighted by Crippen LogP contribution is -2.17. The molecule has 0 saturated carbocycles. The van der Waals surface area contributed by atoms with Gasteiger partial charge in [-0.1, -0.05) is 67.6 Å². The van der Waals surface area contributed by atoms with Gasteiger partial charge in [-0.25, -0.2) is 0 Å². The number of hydrogen-bond acceptors (Lipinski definition) is 3. The van der Waals surface area contributed by atoms with Gasteiger partial charge in [-0.05, 0) is 61.3 Å². The zero-order valence-corrected chi connectivity index (χ0v) is 18.4. The highest BCUT2D eigenvalue weighted by atomic mass is 16.5. The van der Waals surface area contributed by atoms with Crippen LogP contribution in [-0.2, 0) is 17.8 Å². The fourth-order valence-electron chi connectivity index (χ4n) is 3.43. The van der Waals surface area contributed by atoms with Crippen molar-refractivity contribution in [2.45, 2.75) is 57.8 Å². The normalized spacial score (nSPS) is 14.4. The van der Waals surface area contributed by atoms with Crippen LogP contribution in [0.1, 0.15) is 43.7 Å². The summed E-state index contributed by atoms with van der Waals surface area (Å²) in [7, 11) is 1.67. The second-order valence-corrected chi connectivity index (χ2v) is 7.90. The van der Waals surface area contributed by atoms with Gasteiger partial charge in [0.2, 0.25) is 0 Å². The minimum Gasteiger partial charge on any atom is -0.497 e. The van der Waals surface area contributed by atoms with Gasteiger partial charge < -0.3 is 14.6 Å². The fourth-order valence-corrected chi connectivity index (χ4v) is 3.43. The number of rotatable bonds is 14. The van der Waals surface area contributed by atoms with E-state index in [1.165, 1.54) is 5.56 Å². The maximum atomic E-state index is 9.90. The van der Waals surface area contributed by atoms with E-state index in [0.717, 1.165) is 37.0 Å². The summed E-state index contributed by atoms with van der Waals surface area (Å²) in [6.07, 6.45) is 9.84. The first kappa shape index (κ1) is 23.9. The van der Waals surface area contributed by atoms with E-state index in [1.807, 2.05) is 36.4 Å². The Labute approximate surface area is 182 Å². The van der Waals surface area contributed by atoms with E-state index < -0.39 is 6.10 Å². The average molecular weight is 409 g/mol. The van der Waals surface area contributed by atoms with Crippen LogP contribution >= 0.6 is 0 Å². The van der Waals surface area contributed by atoms with E-state index in [9.17, 15) is 5.11 Å². The number of aliphatic hydroxyl groups is 1. The smallest absolute Gasteiger partial charge is 0.118 e. The van der Waals surface area contributed by atoms with Crippen LogP contribution < -0.4 is 4.74 Å². The molecule has 3 heteroatoms. The molecule has 0 heterocycles. The predicted octanol–water partition coefficient (Wildman–Crippen LogP) is 6.12. The Morgan fingerprint density at radius 3 is 2.40 bits per heavy atom. The summed E-state index contributed by atoms with van der Waals surface area (Å²) in [5, 5.41) is 9.90. The molecule has 1 N–H and O–H groups in total. The summed E-state index contributed by atoms with van der Waals surface area (Å²) in [6, 6.07) is 18.6. The Bertz CT molecular complexity index is 736. The Balaban J connectivity index is 1.90. The van der Waals surface area contributed by atoms with Crippen molar-refractivity contribution in [1.82, 2.24) is 0 Å². The minimum atomic E-state index is -0.472. The Morgan fingerprint density at radius 1 is 1.00 bits per heavy atom. The molecule has 0 spiro atoms. The van der Waals surface area contributed by atoms with Gasteiger partial charge in [0.25, 0.3) is 0 Å². The second-order valence-electron chi connectivity index (χ2n) is 7.90. The van der Waals surface area contributed by atoms with Crippen molar-refractivity contribution in [2.75, 3.05) is 7.11 Å². The first-order chi connectivity index (χ1) is 14.6. The highest BCUT2D eigenvalue weighted by Crippen LogP contribution is 2.21. The molecule has 30 heavy (non-hydrogen) atoms.